The lowest BCUT2D eigenvalue weighted by atomic mass is 9.99. The minimum atomic E-state index is -0.339. The first-order chi connectivity index (χ1) is 7.61. The van der Waals surface area contributed by atoms with Gasteiger partial charge in [0.15, 0.2) is 0 Å². The van der Waals surface area contributed by atoms with E-state index >= 15 is 0 Å². The molecule has 0 saturated carbocycles. The molecule has 0 radical (unpaired) electrons. The maximum absolute atomic E-state index is 10.9. The lowest BCUT2D eigenvalue weighted by molar-refractivity contribution is -0.129. The van der Waals surface area contributed by atoms with Crippen LogP contribution in [0.15, 0.2) is 24.3 Å². The molecular weight excluding hydrogens is 202 g/mol. The minimum absolute atomic E-state index is 0.321. The average molecular weight is 221 g/mol. The second kappa shape index (κ2) is 6.28. The number of hydroxylamine groups is 1. The van der Waals surface area contributed by atoms with E-state index in [2.05, 4.69) is 26.0 Å². The summed E-state index contributed by atoms with van der Waals surface area (Å²) in [7, 11) is 0. The highest BCUT2D eigenvalue weighted by Crippen LogP contribution is 2.11. The Bertz CT molecular complexity index is 348. The molecule has 3 nitrogen and oxygen atoms in total. The third-order valence-electron chi connectivity index (χ3n) is 2.40. The van der Waals surface area contributed by atoms with Crippen molar-refractivity contribution in [1.29, 1.82) is 0 Å². The van der Waals surface area contributed by atoms with Crippen molar-refractivity contribution >= 4 is 5.91 Å². The number of rotatable bonds is 5. The number of amides is 1. The summed E-state index contributed by atoms with van der Waals surface area (Å²) in [5.74, 6) is 0.297. The summed E-state index contributed by atoms with van der Waals surface area (Å²) in [5.41, 5.74) is 4.09. The molecule has 0 bridgehead atoms. The van der Waals surface area contributed by atoms with Gasteiger partial charge in [0.05, 0.1) is 0 Å². The fourth-order valence-corrected chi connectivity index (χ4v) is 1.70. The molecule has 0 heterocycles. The van der Waals surface area contributed by atoms with Gasteiger partial charge in [-0.2, -0.15) is 0 Å². The molecule has 0 unspecified atom stereocenters. The molecule has 1 amide bonds. The van der Waals surface area contributed by atoms with Crippen LogP contribution in [0.5, 0.6) is 0 Å². The van der Waals surface area contributed by atoms with Gasteiger partial charge >= 0.3 is 0 Å². The maximum atomic E-state index is 10.9. The number of carbonyl (C=O) groups excluding carboxylic acids is 1. The fourth-order valence-electron chi connectivity index (χ4n) is 1.70. The highest BCUT2D eigenvalue weighted by Gasteiger charge is 2.02. The van der Waals surface area contributed by atoms with E-state index in [9.17, 15) is 4.79 Å². The van der Waals surface area contributed by atoms with E-state index in [0.29, 0.717) is 18.8 Å². The molecule has 0 aliphatic heterocycles. The Hall–Kier alpha value is -1.35. The largest absolute Gasteiger partial charge is 0.289 e. The topological polar surface area (TPSA) is 49.3 Å². The molecule has 1 rings (SSSR count). The molecule has 3 heteroatoms. The van der Waals surface area contributed by atoms with E-state index < -0.39 is 0 Å². The van der Waals surface area contributed by atoms with Gasteiger partial charge in [-0.3, -0.25) is 10.0 Å². The molecule has 1 aromatic rings. The summed E-state index contributed by atoms with van der Waals surface area (Å²) >= 11 is 0. The van der Waals surface area contributed by atoms with Crippen molar-refractivity contribution < 1.29 is 10.0 Å². The Morgan fingerprint density at radius 2 is 2.06 bits per heavy atom. The molecule has 0 atom stereocenters. The van der Waals surface area contributed by atoms with E-state index in [1.54, 1.807) is 5.48 Å². The predicted octanol–water partition coefficient (Wildman–Crippen LogP) is 2.32. The number of hydrogen-bond acceptors (Lipinski definition) is 2. The highest BCUT2D eigenvalue weighted by molar-refractivity contribution is 5.74. The van der Waals surface area contributed by atoms with Crippen molar-refractivity contribution in [3.05, 3.63) is 35.4 Å². The van der Waals surface area contributed by atoms with Crippen molar-refractivity contribution in [3.63, 3.8) is 0 Å². The Morgan fingerprint density at radius 1 is 1.38 bits per heavy atom. The zero-order valence-corrected chi connectivity index (χ0v) is 9.86. The van der Waals surface area contributed by atoms with Gasteiger partial charge in [0.1, 0.15) is 0 Å². The molecule has 0 saturated heterocycles. The van der Waals surface area contributed by atoms with Crippen LogP contribution >= 0.6 is 0 Å². The van der Waals surface area contributed by atoms with E-state index in [4.69, 9.17) is 5.21 Å². The zero-order valence-electron chi connectivity index (χ0n) is 9.86. The van der Waals surface area contributed by atoms with E-state index in [-0.39, 0.29) is 5.91 Å². The van der Waals surface area contributed by atoms with Crippen LogP contribution in [-0.2, 0) is 17.6 Å². The first kappa shape index (κ1) is 12.7. The number of hydrogen-bond donors (Lipinski definition) is 2. The van der Waals surface area contributed by atoms with Crippen LogP contribution in [0.25, 0.3) is 0 Å². The van der Waals surface area contributed by atoms with Gasteiger partial charge in [0.2, 0.25) is 5.91 Å². The van der Waals surface area contributed by atoms with Gasteiger partial charge in [0.25, 0.3) is 0 Å². The Kier molecular flexibility index (Phi) is 4.99. The molecular formula is C13H19NO2. The third-order valence-corrected chi connectivity index (χ3v) is 2.40. The Balaban J connectivity index is 2.56. The summed E-state index contributed by atoms with van der Waals surface area (Å²) in [4.78, 5) is 10.9. The van der Waals surface area contributed by atoms with Crippen molar-refractivity contribution in [1.82, 2.24) is 5.48 Å². The van der Waals surface area contributed by atoms with E-state index in [1.807, 2.05) is 12.1 Å². The van der Waals surface area contributed by atoms with Gasteiger partial charge in [-0.15, -0.1) is 0 Å². The summed E-state index contributed by atoms with van der Waals surface area (Å²) in [6, 6.07) is 8.26. The van der Waals surface area contributed by atoms with E-state index in [0.717, 1.165) is 12.0 Å². The number of aryl methyl sites for hydroxylation is 1. The monoisotopic (exact) mass is 221 g/mol. The average Bonchev–Trinajstić information content (AvgIpc) is 2.25. The molecule has 2 N–H and O–H groups in total. The lowest BCUT2D eigenvalue weighted by Gasteiger charge is -2.07. The van der Waals surface area contributed by atoms with Gasteiger partial charge < -0.3 is 0 Å². The SMILES string of the molecule is CC(C)Cc1cccc(CCC(=O)NO)c1. The van der Waals surface area contributed by atoms with Crippen LogP contribution in [-0.4, -0.2) is 11.1 Å². The normalized spacial score (nSPS) is 10.5. The summed E-state index contributed by atoms with van der Waals surface area (Å²) in [6.45, 7) is 4.37. The molecule has 0 spiro atoms. The maximum Gasteiger partial charge on any atom is 0.243 e. The molecule has 0 aliphatic rings. The smallest absolute Gasteiger partial charge is 0.243 e. The summed E-state index contributed by atoms with van der Waals surface area (Å²) in [6.07, 6.45) is 2.04. The second-order valence-electron chi connectivity index (χ2n) is 4.45. The summed E-state index contributed by atoms with van der Waals surface area (Å²) < 4.78 is 0. The number of carbonyl (C=O) groups is 1. The standard InChI is InChI=1S/C13H19NO2/c1-10(2)8-12-5-3-4-11(9-12)6-7-13(15)14-16/h3-5,9-10,16H,6-8H2,1-2H3,(H,14,15). The second-order valence-corrected chi connectivity index (χ2v) is 4.45. The zero-order chi connectivity index (χ0) is 12.0. The predicted molar refractivity (Wildman–Crippen MR) is 63.2 cm³/mol. The molecule has 0 fully saturated rings. The third kappa shape index (κ3) is 4.45. The molecule has 0 aliphatic carbocycles. The first-order valence-corrected chi connectivity index (χ1v) is 5.62. The molecule has 16 heavy (non-hydrogen) atoms. The van der Waals surface area contributed by atoms with Crippen molar-refractivity contribution in [2.45, 2.75) is 33.1 Å². The Labute approximate surface area is 96.4 Å². The van der Waals surface area contributed by atoms with Gasteiger partial charge in [-0.1, -0.05) is 38.1 Å². The quantitative estimate of drug-likeness (QED) is 0.592. The number of benzene rings is 1. The molecule has 88 valence electrons. The number of nitrogens with one attached hydrogen (secondary N) is 1. The van der Waals surface area contributed by atoms with Gasteiger partial charge in [-0.05, 0) is 29.9 Å². The fraction of sp³-hybridized carbons (Fsp3) is 0.462. The Morgan fingerprint density at radius 3 is 2.69 bits per heavy atom. The van der Waals surface area contributed by atoms with Crippen LogP contribution in [0.1, 0.15) is 31.4 Å². The molecule has 0 aromatic heterocycles. The van der Waals surface area contributed by atoms with Crippen molar-refractivity contribution in [2.75, 3.05) is 0 Å². The van der Waals surface area contributed by atoms with E-state index in [1.165, 1.54) is 5.56 Å². The first-order valence-electron chi connectivity index (χ1n) is 5.62. The van der Waals surface area contributed by atoms with Crippen LogP contribution in [0.2, 0.25) is 0 Å². The molecule has 1 aromatic carbocycles. The van der Waals surface area contributed by atoms with Crippen molar-refractivity contribution in [3.8, 4) is 0 Å². The van der Waals surface area contributed by atoms with Gasteiger partial charge in [0, 0.05) is 6.42 Å². The van der Waals surface area contributed by atoms with Crippen LogP contribution in [0, 0.1) is 5.92 Å². The minimum Gasteiger partial charge on any atom is -0.289 e. The van der Waals surface area contributed by atoms with Crippen molar-refractivity contribution in [2.24, 2.45) is 5.92 Å². The lowest BCUT2D eigenvalue weighted by Crippen LogP contribution is -2.18. The summed E-state index contributed by atoms with van der Waals surface area (Å²) in [5, 5.41) is 8.39. The van der Waals surface area contributed by atoms with Crippen LogP contribution in [0.3, 0.4) is 0 Å². The highest BCUT2D eigenvalue weighted by atomic mass is 16.5. The van der Waals surface area contributed by atoms with Crippen LogP contribution < -0.4 is 5.48 Å². The van der Waals surface area contributed by atoms with Gasteiger partial charge in [-0.25, -0.2) is 5.48 Å². The van der Waals surface area contributed by atoms with Crippen LogP contribution in [0.4, 0.5) is 0 Å².